The third-order valence-corrected chi connectivity index (χ3v) is 4.38. The molecular formula is C10H20N2O3S. The van der Waals surface area contributed by atoms with Gasteiger partial charge in [0.15, 0.2) is 0 Å². The Bertz CT molecular complexity index is 334. The second kappa shape index (κ2) is 6.84. The Labute approximate surface area is 98.1 Å². The standard InChI is InChI=1S/C10H20N2O3S/c1-5-12(7-9(2)6-11)16(13,14)8-10(3)15-4/h9-10H,5,7-8H2,1-4H3/t9-,10-/m0/s1. The first-order valence-electron chi connectivity index (χ1n) is 5.27. The maximum absolute atomic E-state index is 11.9. The lowest BCUT2D eigenvalue weighted by Crippen LogP contribution is -2.38. The summed E-state index contributed by atoms with van der Waals surface area (Å²) in [5, 5.41) is 8.68. The fourth-order valence-electron chi connectivity index (χ4n) is 1.26. The molecular weight excluding hydrogens is 228 g/mol. The molecule has 5 nitrogen and oxygen atoms in total. The molecule has 6 heteroatoms. The molecule has 0 N–H and O–H groups in total. The van der Waals surface area contributed by atoms with E-state index >= 15 is 0 Å². The molecule has 94 valence electrons. The molecule has 0 fully saturated rings. The molecule has 0 aromatic carbocycles. The van der Waals surface area contributed by atoms with Crippen molar-refractivity contribution < 1.29 is 13.2 Å². The van der Waals surface area contributed by atoms with Gasteiger partial charge in [0.1, 0.15) is 0 Å². The van der Waals surface area contributed by atoms with Crippen LogP contribution in [0.1, 0.15) is 20.8 Å². The van der Waals surface area contributed by atoms with Gasteiger partial charge < -0.3 is 4.74 Å². The predicted octanol–water partition coefficient (Wildman–Crippen LogP) is 0.833. The molecule has 0 unspecified atom stereocenters. The van der Waals surface area contributed by atoms with Crippen molar-refractivity contribution in [1.29, 1.82) is 5.26 Å². The summed E-state index contributed by atoms with van der Waals surface area (Å²) in [7, 11) is -1.85. The Morgan fingerprint density at radius 1 is 1.44 bits per heavy atom. The first kappa shape index (κ1) is 15.4. The largest absolute Gasteiger partial charge is 0.381 e. The van der Waals surface area contributed by atoms with Gasteiger partial charge in [0.25, 0.3) is 0 Å². The van der Waals surface area contributed by atoms with E-state index in [0.717, 1.165) is 0 Å². The first-order chi connectivity index (χ1) is 7.37. The van der Waals surface area contributed by atoms with Crippen LogP contribution in [-0.4, -0.2) is 44.8 Å². The third-order valence-electron chi connectivity index (χ3n) is 2.29. The minimum atomic E-state index is -3.33. The highest BCUT2D eigenvalue weighted by atomic mass is 32.2. The van der Waals surface area contributed by atoms with Crippen LogP contribution in [0.4, 0.5) is 0 Å². The van der Waals surface area contributed by atoms with E-state index in [-0.39, 0.29) is 24.3 Å². The Morgan fingerprint density at radius 3 is 2.38 bits per heavy atom. The Balaban J connectivity index is 4.63. The fraction of sp³-hybridized carbons (Fsp3) is 0.900. The van der Waals surface area contributed by atoms with Crippen molar-refractivity contribution in [3.05, 3.63) is 0 Å². The lowest BCUT2D eigenvalue weighted by atomic mass is 10.2. The van der Waals surface area contributed by atoms with E-state index in [1.165, 1.54) is 11.4 Å². The van der Waals surface area contributed by atoms with Gasteiger partial charge in [-0.15, -0.1) is 0 Å². The molecule has 0 bridgehead atoms. The highest BCUT2D eigenvalue weighted by Crippen LogP contribution is 2.08. The second-order valence-electron chi connectivity index (χ2n) is 3.81. The molecule has 0 radical (unpaired) electrons. The van der Waals surface area contributed by atoms with Gasteiger partial charge in [-0.3, -0.25) is 0 Å². The molecule has 0 spiro atoms. The number of rotatable bonds is 7. The molecule has 0 saturated carbocycles. The topological polar surface area (TPSA) is 70.4 Å². The Hall–Kier alpha value is -0.640. The lowest BCUT2D eigenvalue weighted by Gasteiger charge is -2.22. The van der Waals surface area contributed by atoms with Crippen LogP contribution in [0.15, 0.2) is 0 Å². The predicted molar refractivity (Wildman–Crippen MR) is 62.3 cm³/mol. The van der Waals surface area contributed by atoms with Crippen LogP contribution in [0.5, 0.6) is 0 Å². The van der Waals surface area contributed by atoms with E-state index in [1.54, 1.807) is 20.8 Å². The maximum atomic E-state index is 11.9. The highest BCUT2D eigenvalue weighted by Gasteiger charge is 2.24. The smallest absolute Gasteiger partial charge is 0.216 e. The van der Waals surface area contributed by atoms with Crippen molar-refractivity contribution in [2.45, 2.75) is 26.9 Å². The van der Waals surface area contributed by atoms with Crippen molar-refractivity contribution >= 4 is 10.0 Å². The number of nitriles is 1. The summed E-state index contributed by atoms with van der Waals surface area (Å²) in [6.45, 7) is 5.80. The quantitative estimate of drug-likeness (QED) is 0.669. The summed E-state index contributed by atoms with van der Waals surface area (Å²) in [4.78, 5) is 0. The van der Waals surface area contributed by atoms with Crippen molar-refractivity contribution in [1.82, 2.24) is 4.31 Å². The zero-order valence-electron chi connectivity index (χ0n) is 10.3. The molecule has 0 rings (SSSR count). The van der Waals surface area contributed by atoms with Crippen LogP contribution >= 0.6 is 0 Å². The van der Waals surface area contributed by atoms with E-state index in [0.29, 0.717) is 6.54 Å². The third kappa shape index (κ3) is 4.92. The molecule has 0 aliphatic heterocycles. The number of sulfonamides is 1. The monoisotopic (exact) mass is 248 g/mol. The summed E-state index contributed by atoms with van der Waals surface area (Å²) in [5.74, 6) is -0.345. The molecule has 0 aliphatic carbocycles. The van der Waals surface area contributed by atoms with E-state index < -0.39 is 10.0 Å². The zero-order valence-corrected chi connectivity index (χ0v) is 11.1. The van der Waals surface area contributed by atoms with Gasteiger partial charge in [-0.2, -0.15) is 5.26 Å². The van der Waals surface area contributed by atoms with Gasteiger partial charge in [0.2, 0.25) is 10.0 Å². The maximum Gasteiger partial charge on any atom is 0.216 e. The van der Waals surface area contributed by atoms with E-state index in [4.69, 9.17) is 10.00 Å². The molecule has 0 aromatic heterocycles. The SMILES string of the molecule is CCN(C[C@@H](C)C#N)S(=O)(=O)C[C@H](C)OC. The lowest BCUT2D eigenvalue weighted by molar-refractivity contribution is 0.135. The van der Waals surface area contributed by atoms with E-state index in [9.17, 15) is 8.42 Å². The minimum absolute atomic E-state index is 0.0461. The van der Waals surface area contributed by atoms with Gasteiger partial charge in [0, 0.05) is 20.2 Å². The van der Waals surface area contributed by atoms with Gasteiger partial charge in [-0.05, 0) is 13.8 Å². The van der Waals surface area contributed by atoms with Crippen LogP contribution in [0.3, 0.4) is 0 Å². The second-order valence-corrected chi connectivity index (χ2v) is 5.82. The fourth-order valence-corrected chi connectivity index (χ4v) is 3.04. The zero-order chi connectivity index (χ0) is 12.8. The number of methoxy groups -OCH3 is 1. The number of ether oxygens (including phenoxy) is 1. The molecule has 0 heterocycles. The summed E-state index contributed by atoms with van der Waals surface area (Å²) in [6, 6.07) is 2.03. The minimum Gasteiger partial charge on any atom is -0.381 e. The summed E-state index contributed by atoms with van der Waals surface area (Å²) in [6.07, 6.45) is -0.337. The van der Waals surface area contributed by atoms with Crippen molar-refractivity contribution in [2.75, 3.05) is 26.0 Å². The summed E-state index contributed by atoms with van der Waals surface area (Å²) >= 11 is 0. The summed E-state index contributed by atoms with van der Waals surface area (Å²) in [5.41, 5.74) is 0. The Kier molecular flexibility index (Phi) is 6.56. The van der Waals surface area contributed by atoms with Crippen molar-refractivity contribution in [3.8, 4) is 6.07 Å². The van der Waals surface area contributed by atoms with Crippen molar-refractivity contribution in [2.24, 2.45) is 5.92 Å². The highest BCUT2D eigenvalue weighted by molar-refractivity contribution is 7.89. The van der Waals surface area contributed by atoms with Crippen molar-refractivity contribution in [3.63, 3.8) is 0 Å². The average Bonchev–Trinajstić information content (AvgIpc) is 2.24. The van der Waals surface area contributed by atoms with Gasteiger partial charge in [-0.1, -0.05) is 6.92 Å². The molecule has 0 amide bonds. The Morgan fingerprint density at radius 2 is 2.00 bits per heavy atom. The molecule has 0 aromatic rings. The van der Waals surface area contributed by atoms with Crippen LogP contribution in [0.25, 0.3) is 0 Å². The molecule has 0 saturated heterocycles. The van der Waals surface area contributed by atoms with Gasteiger partial charge >= 0.3 is 0 Å². The number of nitrogens with zero attached hydrogens (tertiary/aromatic N) is 2. The van der Waals surface area contributed by atoms with Gasteiger partial charge in [0.05, 0.1) is 23.8 Å². The average molecular weight is 248 g/mol. The van der Waals surface area contributed by atoms with Crippen LogP contribution < -0.4 is 0 Å². The summed E-state index contributed by atoms with van der Waals surface area (Å²) < 4.78 is 30.1. The number of hydrogen-bond donors (Lipinski definition) is 0. The molecule has 2 atom stereocenters. The van der Waals surface area contributed by atoms with Crippen LogP contribution in [-0.2, 0) is 14.8 Å². The van der Waals surface area contributed by atoms with Crippen LogP contribution in [0.2, 0.25) is 0 Å². The number of hydrogen-bond acceptors (Lipinski definition) is 4. The normalized spacial score (nSPS) is 15.8. The molecule has 0 aliphatic rings. The van der Waals surface area contributed by atoms with E-state index in [1.807, 2.05) is 6.07 Å². The molecule has 16 heavy (non-hydrogen) atoms. The van der Waals surface area contributed by atoms with Crippen LogP contribution in [0, 0.1) is 17.2 Å². The van der Waals surface area contributed by atoms with E-state index in [2.05, 4.69) is 0 Å². The first-order valence-corrected chi connectivity index (χ1v) is 6.88. The van der Waals surface area contributed by atoms with Gasteiger partial charge in [-0.25, -0.2) is 12.7 Å².